The van der Waals surface area contributed by atoms with Gasteiger partial charge in [-0.1, -0.05) is 78.9 Å². The molecule has 1 heteroatoms. The number of aryl methyl sites for hydroxylation is 1. The van der Waals surface area contributed by atoms with Crippen LogP contribution in [-0.4, -0.2) is 0 Å². The van der Waals surface area contributed by atoms with Crippen molar-refractivity contribution < 1.29 is 0 Å². The number of nitrogens with one attached hydrogen (secondary N) is 1. The molecule has 0 atom stereocenters. The van der Waals surface area contributed by atoms with Crippen LogP contribution in [0.2, 0.25) is 0 Å². The van der Waals surface area contributed by atoms with E-state index < -0.39 is 0 Å². The molecule has 0 spiro atoms. The Morgan fingerprint density at radius 2 is 1.00 bits per heavy atom. The molecule has 0 fully saturated rings. The van der Waals surface area contributed by atoms with Crippen LogP contribution in [-0.2, 0) is 0 Å². The van der Waals surface area contributed by atoms with Gasteiger partial charge < -0.3 is 5.32 Å². The molecule has 4 rings (SSSR count). The molecule has 0 aromatic heterocycles. The summed E-state index contributed by atoms with van der Waals surface area (Å²) in [5.74, 6) is 0. The highest BCUT2D eigenvalue weighted by molar-refractivity contribution is 5.73. The Bertz CT molecular complexity index is 987. The minimum absolute atomic E-state index is 1.10. The third kappa shape index (κ3) is 3.52. The molecule has 0 bridgehead atoms. The van der Waals surface area contributed by atoms with Crippen molar-refractivity contribution in [2.75, 3.05) is 5.32 Å². The molecule has 0 aliphatic heterocycles. The number of hydrogen-bond acceptors (Lipinski definition) is 1. The second-order valence-corrected chi connectivity index (χ2v) is 6.46. The standard InChI is InChI=1S/C25H21N/c1-19-18-23(21-10-6-3-7-11-21)14-17-25(19)26-24-15-12-22(13-16-24)20-8-4-2-5-9-20/h2-18,26H,1H3. The van der Waals surface area contributed by atoms with E-state index in [4.69, 9.17) is 0 Å². The predicted molar refractivity (Wildman–Crippen MR) is 112 cm³/mol. The summed E-state index contributed by atoms with van der Waals surface area (Å²) in [6.07, 6.45) is 0. The lowest BCUT2D eigenvalue weighted by Gasteiger charge is -2.12. The van der Waals surface area contributed by atoms with E-state index in [9.17, 15) is 0 Å². The molecule has 0 radical (unpaired) electrons. The van der Waals surface area contributed by atoms with Crippen LogP contribution in [0.3, 0.4) is 0 Å². The van der Waals surface area contributed by atoms with Crippen molar-refractivity contribution in [1.82, 2.24) is 0 Å². The van der Waals surface area contributed by atoms with E-state index in [-0.39, 0.29) is 0 Å². The molecule has 0 aliphatic rings. The maximum atomic E-state index is 3.53. The normalized spacial score (nSPS) is 10.5. The van der Waals surface area contributed by atoms with Gasteiger partial charge in [0.1, 0.15) is 0 Å². The van der Waals surface area contributed by atoms with Gasteiger partial charge in [-0.25, -0.2) is 0 Å². The smallest absolute Gasteiger partial charge is 0.0414 e. The largest absolute Gasteiger partial charge is 0.355 e. The van der Waals surface area contributed by atoms with Gasteiger partial charge in [-0.05, 0) is 59.0 Å². The Balaban J connectivity index is 1.54. The molecule has 0 aliphatic carbocycles. The van der Waals surface area contributed by atoms with E-state index in [1.165, 1.54) is 27.8 Å². The minimum Gasteiger partial charge on any atom is -0.355 e. The fraction of sp³-hybridized carbons (Fsp3) is 0.0400. The second-order valence-electron chi connectivity index (χ2n) is 6.46. The third-order valence-electron chi connectivity index (χ3n) is 4.60. The van der Waals surface area contributed by atoms with Gasteiger partial charge in [0.05, 0.1) is 0 Å². The van der Waals surface area contributed by atoms with Crippen molar-refractivity contribution in [2.45, 2.75) is 6.92 Å². The maximum Gasteiger partial charge on any atom is 0.0414 e. The summed E-state index contributed by atoms with van der Waals surface area (Å²) in [6.45, 7) is 2.15. The molecule has 0 unspecified atom stereocenters. The van der Waals surface area contributed by atoms with Crippen LogP contribution in [0.15, 0.2) is 103 Å². The minimum atomic E-state index is 1.10. The summed E-state index contributed by atoms with van der Waals surface area (Å²) in [6, 6.07) is 36.1. The Morgan fingerprint density at radius 3 is 1.58 bits per heavy atom. The monoisotopic (exact) mass is 335 g/mol. The summed E-state index contributed by atoms with van der Waals surface area (Å²) in [5, 5.41) is 3.53. The summed E-state index contributed by atoms with van der Waals surface area (Å²) in [7, 11) is 0. The number of hydrogen-bond donors (Lipinski definition) is 1. The van der Waals surface area contributed by atoms with Crippen LogP contribution >= 0.6 is 0 Å². The fourth-order valence-electron chi connectivity index (χ4n) is 3.15. The van der Waals surface area contributed by atoms with Crippen molar-refractivity contribution in [1.29, 1.82) is 0 Å². The molecule has 0 saturated carbocycles. The lowest BCUT2D eigenvalue weighted by atomic mass is 10.0. The van der Waals surface area contributed by atoms with Gasteiger partial charge in [-0.15, -0.1) is 0 Å². The average molecular weight is 335 g/mol. The van der Waals surface area contributed by atoms with Crippen LogP contribution in [0, 0.1) is 6.92 Å². The van der Waals surface area contributed by atoms with Crippen LogP contribution < -0.4 is 5.32 Å². The molecule has 0 amide bonds. The van der Waals surface area contributed by atoms with Crippen LogP contribution in [0.1, 0.15) is 5.56 Å². The molecule has 126 valence electrons. The van der Waals surface area contributed by atoms with E-state index in [1.54, 1.807) is 0 Å². The van der Waals surface area contributed by atoms with E-state index >= 15 is 0 Å². The first-order valence-corrected chi connectivity index (χ1v) is 8.88. The highest BCUT2D eigenvalue weighted by Crippen LogP contribution is 2.28. The zero-order valence-corrected chi connectivity index (χ0v) is 14.8. The first-order chi connectivity index (χ1) is 12.8. The number of anilines is 2. The topological polar surface area (TPSA) is 12.0 Å². The second kappa shape index (κ2) is 7.28. The van der Waals surface area contributed by atoms with Gasteiger partial charge in [0.15, 0.2) is 0 Å². The van der Waals surface area contributed by atoms with Gasteiger partial charge in [0, 0.05) is 11.4 Å². The van der Waals surface area contributed by atoms with Gasteiger partial charge >= 0.3 is 0 Å². The van der Waals surface area contributed by atoms with Gasteiger partial charge in [0.25, 0.3) is 0 Å². The highest BCUT2D eigenvalue weighted by atomic mass is 14.9. The Hall–Kier alpha value is -3.32. The van der Waals surface area contributed by atoms with E-state index in [0.717, 1.165) is 11.4 Å². The maximum absolute atomic E-state index is 3.53. The van der Waals surface area contributed by atoms with Crippen LogP contribution in [0.5, 0.6) is 0 Å². The summed E-state index contributed by atoms with van der Waals surface area (Å²) < 4.78 is 0. The SMILES string of the molecule is Cc1cc(-c2ccccc2)ccc1Nc1ccc(-c2ccccc2)cc1. The van der Waals surface area contributed by atoms with Crippen molar-refractivity contribution in [3.8, 4) is 22.3 Å². The Morgan fingerprint density at radius 1 is 0.500 bits per heavy atom. The number of rotatable bonds is 4. The van der Waals surface area contributed by atoms with E-state index in [1.807, 2.05) is 12.1 Å². The first-order valence-electron chi connectivity index (χ1n) is 8.88. The predicted octanol–water partition coefficient (Wildman–Crippen LogP) is 7.07. The first kappa shape index (κ1) is 16.2. The summed E-state index contributed by atoms with van der Waals surface area (Å²) in [5.41, 5.74) is 8.42. The highest BCUT2D eigenvalue weighted by Gasteiger charge is 2.03. The Kier molecular flexibility index (Phi) is 4.53. The molecular formula is C25H21N. The molecular weight excluding hydrogens is 314 g/mol. The molecule has 0 heterocycles. The van der Waals surface area contributed by atoms with E-state index in [0.29, 0.717) is 0 Å². The zero-order valence-electron chi connectivity index (χ0n) is 14.8. The molecule has 0 saturated heterocycles. The van der Waals surface area contributed by atoms with Crippen molar-refractivity contribution in [2.24, 2.45) is 0 Å². The number of benzene rings is 4. The van der Waals surface area contributed by atoms with Crippen molar-refractivity contribution in [3.63, 3.8) is 0 Å². The van der Waals surface area contributed by atoms with Gasteiger partial charge in [-0.2, -0.15) is 0 Å². The molecule has 4 aromatic rings. The molecule has 4 aromatic carbocycles. The summed E-state index contributed by atoms with van der Waals surface area (Å²) >= 11 is 0. The lowest BCUT2D eigenvalue weighted by molar-refractivity contribution is 1.43. The average Bonchev–Trinajstić information content (AvgIpc) is 2.71. The fourth-order valence-corrected chi connectivity index (χ4v) is 3.15. The third-order valence-corrected chi connectivity index (χ3v) is 4.60. The molecule has 26 heavy (non-hydrogen) atoms. The Labute approximate surface area is 155 Å². The van der Waals surface area contributed by atoms with E-state index in [2.05, 4.69) is 103 Å². The quantitative estimate of drug-likeness (QED) is 0.420. The summed E-state index contributed by atoms with van der Waals surface area (Å²) in [4.78, 5) is 0. The van der Waals surface area contributed by atoms with Gasteiger partial charge in [-0.3, -0.25) is 0 Å². The van der Waals surface area contributed by atoms with Gasteiger partial charge in [0.2, 0.25) is 0 Å². The molecule has 1 N–H and O–H groups in total. The van der Waals surface area contributed by atoms with Crippen molar-refractivity contribution in [3.05, 3.63) is 109 Å². The lowest BCUT2D eigenvalue weighted by Crippen LogP contribution is -1.93. The van der Waals surface area contributed by atoms with Crippen molar-refractivity contribution >= 4 is 11.4 Å². The molecule has 1 nitrogen and oxygen atoms in total. The zero-order chi connectivity index (χ0) is 17.8. The van der Waals surface area contributed by atoms with Crippen LogP contribution in [0.25, 0.3) is 22.3 Å². The van der Waals surface area contributed by atoms with Crippen LogP contribution in [0.4, 0.5) is 11.4 Å².